The van der Waals surface area contributed by atoms with Crippen LogP contribution in [0.2, 0.25) is 0 Å². The zero-order valence-electron chi connectivity index (χ0n) is 16.9. The number of anilines is 1. The Labute approximate surface area is 184 Å². The molecule has 2 heterocycles. The van der Waals surface area contributed by atoms with Crippen molar-refractivity contribution in [2.75, 3.05) is 23.8 Å². The summed E-state index contributed by atoms with van der Waals surface area (Å²) in [7, 11) is -3.44. The summed E-state index contributed by atoms with van der Waals surface area (Å²) in [6.07, 6.45) is 1.99. The highest BCUT2D eigenvalue weighted by atomic mass is 32.2. The van der Waals surface area contributed by atoms with Crippen LogP contribution in [-0.4, -0.2) is 44.3 Å². The predicted molar refractivity (Wildman–Crippen MR) is 119 cm³/mol. The Bertz CT molecular complexity index is 1160. The summed E-state index contributed by atoms with van der Waals surface area (Å²) < 4.78 is 44.9. The third-order valence-electron chi connectivity index (χ3n) is 5.19. The van der Waals surface area contributed by atoms with Gasteiger partial charge in [0.15, 0.2) is 15.0 Å². The molecule has 1 saturated heterocycles. The SMILES string of the molecule is O=C(CCCS(=O)(=O)c1ccccc1)N(CC1CCCO1)c1nc2ccc(F)cc2s1. The maximum atomic E-state index is 13.6. The van der Waals surface area contributed by atoms with Gasteiger partial charge in [0.25, 0.3) is 0 Å². The van der Waals surface area contributed by atoms with E-state index >= 15 is 0 Å². The van der Waals surface area contributed by atoms with Gasteiger partial charge in [0.1, 0.15) is 5.82 Å². The average Bonchev–Trinajstić information content (AvgIpc) is 3.41. The molecule has 0 N–H and O–H groups in total. The normalized spacial score (nSPS) is 16.6. The number of carbonyl (C=O) groups excluding carboxylic acids is 1. The van der Waals surface area contributed by atoms with Crippen LogP contribution in [0.3, 0.4) is 0 Å². The fraction of sp³-hybridized carbons (Fsp3) is 0.364. The molecule has 2 aromatic carbocycles. The Balaban J connectivity index is 1.48. The summed E-state index contributed by atoms with van der Waals surface area (Å²) in [5.41, 5.74) is 0.623. The van der Waals surface area contributed by atoms with Crippen molar-refractivity contribution < 1.29 is 22.3 Å². The van der Waals surface area contributed by atoms with Crippen molar-refractivity contribution in [2.45, 2.75) is 36.7 Å². The minimum atomic E-state index is -3.44. The molecule has 164 valence electrons. The summed E-state index contributed by atoms with van der Waals surface area (Å²) in [6, 6.07) is 12.6. The number of fused-ring (bicyclic) bond motifs is 1. The molecule has 0 bridgehead atoms. The van der Waals surface area contributed by atoms with Crippen molar-refractivity contribution >= 4 is 42.4 Å². The zero-order valence-corrected chi connectivity index (χ0v) is 18.5. The van der Waals surface area contributed by atoms with Crippen LogP contribution < -0.4 is 4.90 Å². The number of thiazole rings is 1. The molecule has 0 radical (unpaired) electrons. The number of halogens is 1. The van der Waals surface area contributed by atoms with Crippen LogP contribution in [0.15, 0.2) is 53.4 Å². The molecule has 4 rings (SSSR count). The lowest BCUT2D eigenvalue weighted by atomic mass is 10.2. The van der Waals surface area contributed by atoms with Gasteiger partial charge in [-0.15, -0.1) is 0 Å². The smallest absolute Gasteiger partial charge is 0.228 e. The molecule has 1 atom stereocenters. The molecule has 0 saturated carbocycles. The fourth-order valence-corrected chi connectivity index (χ4v) is 5.92. The number of rotatable bonds is 8. The number of hydrogen-bond donors (Lipinski definition) is 0. The molecule has 1 aromatic heterocycles. The lowest BCUT2D eigenvalue weighted by Crippen LogP contribution is -2.37. The molecule has 1 unspecified atom stereocenters. The van der Waals surface area contributed by atoms with E-state index in [9.17, 15) is 17.6 Å². The Morgan fingerprint density at radius 2 is 2.03 bits per heavy atom. The van der Waals surface area contributed by atoms with E-state index < -0.39 is 9.84 Å². The Morgan fingerprint density at radius 3 is 2.77 bits per heavy atom. The first-order valence-electron chi connectivity index (χ1n) is 10.2. The van der Waals surface area contributed by atoms with Gasteiger partial charge >= 0.3 is 0 Å². The van der Waals surface area contributed by atoms with Gasteiger partial charge < -0.3 is 4.74 Å². The second kappa shape index (κ2) is 9.42. The Kier molecular flexibility index (Phi) is 6.64. The summed E-state index contributed by atoms with van der Waals surface area (Å²) >= 11 is 1.25. The molecule has 6 nitrogen and oxygen atoms in total. The van der Waals surface area contributed by atoms with Crippen LogP contribution in [0.25, 0.3) is 10.2 Å². The number of nitrogens with zero attached hydrogens (tertiary/aromatic N) is 2. The quantitative estimate of drug-likeness (QED) is 0.501. The first kappa shape index (κ1) is 21.9. The molecule has 1 aliphatic heterocycles. The highest BCUT2D eigenvalue weighted by Crippen LogP contribution is 2.31. The minimum absolute atomic E-state index is 0.0725. The first-order chi connectivity index (χ1) is 14.9. The molecule has 31 heavy (non-hydrogen) atoms. The van der Waals surface area contributed by atoms with E-state index in [1.165, 1.54) is 23.5 Å². The van der Waals surface area contributed by atoms with Crippen molar-refractivity contribution in [3.8, 4) is 0 Å². The summed E-state index contributed by atoms with van der Waals surface area (Å²) in [6.45, 7) is 1.01. The molecule has 1 amide bonds. The Hall–Kier alpha value is -2.36. The summed E-state index contributed by atoms with van der Waals surface area (Å²) in [5, 5.41) is 0.479. The maximum Gasteiger partial charge on any atom is 0.228 e. The molecular formula is C22H23FN2O4S2. The number of benzene rings is 2. The van der Waals surface area contributed by atoms with E-state index in [0.29, 0.717) is 28.5 Å². The van der Waals surface area contributed by atoms with E-state index in [1.807, 2.05) is 0 Å². The van der Waals surface area contributed by atoms with Gasteiger partial charge in [-0.25, -0.2) is 17.8 Å². The fourth-order valence-electron chi connectivity index (χ4n) is 3.57. The maximum absolute atomic E-state index is 13.6. The highest BCUT2D eigenvalue weighted by Gasteiger charge is 2.26. The van der Waals surface area contributed by atoms with Gasteiger partial charge in [0.2, 0.25) is 5.91 Å². The lowest BCUT2D eigenvalue weighted by Gasteiger charge is -2.23. The van der Waals surface area contributed by atoms with Gasteiger partial charge in [0, 0.05) is 13.0 Å². The largest absolute Gasteiger partial charge is 0.376 e. The van der Waals surface area contributed by atoms with Crippen LogP contribution in [0, 0.1) is 5.82 Å². The van der Waals surface area contributed by atoms with Crippen LogP contribution >= 0.6 is 11.3 Å². The van der Waals surface area contributed by atoms with Crippen molar-refractivity contribution in [1.82, 2.24) is 4.98 Å². The van der Waals surface area contributed by atoms with E-state index in [2.05, 4.69) is 4.98 Å². The van der Waals surface area contributed by atoms with Crippen molar-refractivity contribution in [2.24, 2.45) is 0 Å². The summed E-state index contributed by atoms with van der Waals surface area (Å²) in [5.74, 6) is -0.675. The molecular weight excluding hydrogens is 439 g/mol. The Morgan fingerprint density at radius 1 is 1.23 bits per heavy atom. The predicted octanol–water partition coefficient (Wildman–Crippen LogP) is 4.20. The molecule has 0 aliphatic carbocycles. The number of hydrogen-bond acceptors (Lipinski definition) is 6. The van der Waals surface area contributed by atoms with Crippen molar-refractivity contribution in [3.05, 3.63) is 54.3 Å². The third kappa shape index (κ3) is 5.28. The number of amides is 1. The van der Waals surface area contributed by atoms with Gasteiger partial charge in [-0.1, -0.05) is 29.5 Å². The van der Waals surface area contributed by atoms with Crippen LogP contribution in [0.5, 0.6) is 0 Å². The second-order valence-electron chi connectivity index (χ2n) is 7.48. The van der Waals surface area contributed by atoms with E-state index in [0.717, 1.165) is 12.8 Å². The third-order valence-corrected chi connectivity index (χ3v) is 8.05. The highest BCUT2D eigenvalue weighted by molar-refractivity contribution is 7.91. The molecule has 1 aliphatic rings. The van der Waals surface area contributed by atoms with Crippen LogP contribution in [0.4, 0.5) is 9.52 Å². The molecule has 0 spiro atoms. The molecule has 1 fully saturated rings. The van der Waals surface area contributed by atoms with E-state index in [4.69, 9.17) is 4.74 Å². The lowest BCUT2D eigenvalue weighted by molar-refractivity contribution is -0.119. The van der Waals surface area contributed by atoms with Crippen LogP contribution in [0.1, 0.15) is 25.7 Å². The molecule has 3 aromatic rings. The minimum Gasteiger partial charge on any atom is -0.376 e. The van der Waals surface area contributed by atoms with Crippen molar-refractivity contribution in [1.29, 1.82) is 0 Å². The number of carbonyl (C=O) groups is 1. The standard InChI is InChI=1S/C22H23FN2O4S2/c23-16-10-11-19-20(14-16)30-22(24-19)25(15-17-6-4-12-29-17)21(26)9-5-13-31(27,28)18-7-2-1-3-8-18/h1-3,7-8,10-11,14,17H,4-6,9,12-13,15H2. The topological polar surface area (TPSA) is 76.6 Å². The number of ether oxygens (including phenoxy) is 1. The summed E-state index contributed by atoms with van der Waals surface area (Å²) in [4.78, 5) is 19.4. The zero-order chi connectivity index (χ0) is 21.8. The monoisotopic (exact) mass is 462 g/mol. The van der Waals surface area contributed by atoms with Crippen LogP contribution in [-0.2, 0) is 19.4 Å². The number of sulfone groups is 1. The first-order valence-corrected chi connectivity index (χ1v) is 12.7. The van der Waals surface area contributed by atoms with E-state index in [1.54, 1.807) is 41.3 Å². The van der Waals surface area contributed by atoms with Gasteiger partial charge in [-0.3, -0.25) is 9.69 Å². The van der Waals surface area contributed by atoms with Crippen molar-refractivity contribution in [3.63, 3.8) is 0 Å². The van der Waals surface area contributed by atoms with Gasteiger partial charge in [-0.05, 0) is 49.6 Å². The second-order valence-corrected chi connectivity index (χ2v) is 10.6. The van der Waals surface area contributed by atoms with Gasteiger partial charge in [0.05, 0.1) is 33.5 Å². The number of aromatic nitrogens is 1. The molecule has 9 heteroatoms. The van der Waals surface area contributed by atoms with E-state index in [-0.39, 0.29) is 41.3 Å². The average molecular weight is 463 g/mol. The van der Waals surface area contributed by atoms with Gasteiger partial charge in [-0.2, -0.15) is 0 Å².